The monoisotopic (exact) mass is 293 g/mol. The highest BCUT2D eigenvalue weighted by Gasteiger charge is 2.23. The highest BCUT2D eigenvalue weighted by atomic mass is 35.5. The summed E-state index contributed by atoms with van der Waals surface area (Å²) in [4.78, 5) is 6.66. The second-order valence-electron chi connectivity index (χ2n) is 5.68. The third kappa shape index (κ3) is 2.74. The molecule has 1 saturated carbocycles. The number of rotatable bonds is 3. The van der Waals surface area contributed by atoms with Crippen LogP contribution in [0.25, 0.3) is 5.52 Å². The van der Waals surface area contributed by atoms with Crippen LogP contribution in [0.1, 0.15) is 25.7 Å². The Kier molecular flexibility index (Phi) is 3.81. The summed E-state index contributed by atoms with van der Waals surface area (Å²) in [6.45, 7) is 0. The topological polar surface area (TPSA) is 45.5 Å². The summed E-state index contributed by atoms with van der Waals surface area (Å²) in [5, 5.41) is 7.96. The zero-order chi connectivity index (χ0) is 14.1. The lowest BCUT2D eigenvalue weighted by atomic mass is 9.90. The minimum absolute atomic E-state index is 0.276. The number of fused-ring (bicyclic) bond motifs is 1. The van der Waals surface area contributed by atoms with E-state index in [0.717, 1.165) is 24.2 Å². The summed E-state index contributed by atoms with van der Waals surface area (Å²) >= 11 is 5.97. The maximum absolute atomic E-state index is 5.97. The Morgan fingerprint density at radius 1 is 1.30 bits per heavy atom. The number of aromatic nitrogens is 3. The number of nitrogens with one attached hydrogen (secondary N) is 1. The Hall–Kier alpha value is -1.33. The molecule has 0 atom stereocenters. The van der Waals surface area contributed by atoms with Crippen LogP contribution in [0.4, 0.5) is 5.82 Å². The normalized spacial score (nSPS) is 23.4. The Bertz CT molecular complexity index is 586. The van der Waals surface area contributed by atoms with Gasteiger partial charge in [-0.1, -0.05) is 0 Å². The minimum Gasteiger partial charge on any atom is -0.365 e. The third-order valence-corrected chi connectivity index (χ3v) is 4.29. The van der Waals surface area contributed by atoms with Crippen LogP contribution < -0.4 is 5.32 Å². The molecule has 2 aromatic heterocycles. The van der Waals surface area contributed by atoms with Gasteiger partial charge in [-0.15, -0.1) is 5.10 Å². The first kappa shape index (κ1) is 13.6. The lowest BCUT2D eigenvalue weighted by Gasteiger charge is -2.33. The summed E-state index contributed by atoms with van der Waals surface area (Å²) in [6, 6.07) is 5.13. The highest BCUT2D eigenvalue weighted by Crippen LogP contribution is 2.25. The van der Waals surface area contributed by atoms with Crippen molar-refractivity contribution in [3.8, 4) is 0 Å². The molecule has 0 unspecified atom stereocenters. The van der Waals surface area contributed by atoms with Gasteiger partial charge in [0.15, 0.2) is 5.82 Å². The van der Waals surface area contributed by atoms with E-state index in [1.807, 2.05) is 18.3 Å². The van der Waals surface area contributed by atoms with Crippen LogP contribution in [-0.2, 0) is 0 Å². The van der Waals surface area contributed by atoms with Crippen molar-refractivity contribution in [2.24, 2.45) is 0 Å². The molecule has 0 radical (unpaired) electrons. The van der Waals surface area contributed by atoms with Crippen molar-refractivity contribution in [2.45, 2.75) is 37.8 Å². The standard InChI is InChI=1S/C14H20ClN5/c1-19(2)11-7-5-10(6-8-11)16-13-12-4-3-9-20(12)18-14(15)17-13/h3-4,9-11H,5-8H2,1-2H3,(H,16,17,18). The largest absolute Gasteiger partial charge is 0.365 e. The zero-order valence-electron chi connectivity index (χ0n) is 11.9. The van der Waals surface area contributed by atoms with Crippen molar-refractivity contribution in [3.63, 3.8) is 0 Å². The average molecular weight is 294 g/mol. The second kappa shape index (κ2) is 5.58. The molecular weight excluding hydrogens is 274 g/mol. The lowest BCUT2D eigenvalue weighted by Crippen LogP contribution is -2.36. The number of hydrogen-bond acceptors (Lipinski definition) is 4. The molecule has 6 heteroatoms. The number of hydrogen-bond donors (Lipinski definition) is 1. The molecule has 3 rings (SSSR count). The van der Waals surface area contributed by atoms with E-state index in [1.54, 1.807) is 4.52 Å². The molecular formula is C14H20ClN5. The molecule has 0 spiro atoms. The van der Waals surface area contributed by atoms with Gasteiger partial charge in [-0.25, -0.2) is 4.52 Å². The van der Waals surface area contributed by atoms with Crippen LogP contribution in [-0.4, -0.2) is 45.7 Å². The van der Waals surface area contributed by atoms with E-state index in [-0.39, 0.29) is 5.28 Å². The SMILES string of the molecule is CN(C)C1CCC(Nc2nc(Cl)nn3cccc23)CC1. The highest BCUT2D eigenvalue weighted by molar-refractivity contribution is 6.28. The maximum atomic E-state index is 5.97. The van der Waals surface area contributed by atoms with Crippen LogP contribution in [0, 0.1) is 0 Å². The van der Waals surface area contributed by atoms with Gasteiger partial charge in [0.05, 0.1) is 0 Å². The van der Waals surface area contributed by atoms with Crippen molar-refractivity contribution in [2.75, 3.05) is 19.4 Å². The molecule has 2 aromatic rings. The van der Waals surface area contributed by atoms with Gasteiger partial charge in [-0.3, -0.25) is 0 Å². The fraction of sp³-hybridized carbons (Fsp3) is 0.571. The molecule has 0 bridgehead atoms. The fourth-order valence-corrected chi connectivity index (χ4v) is 3.11. The van der Waals surface area contributed by atoms with Gasteiger partial charge in [-0.2, -0.15) is 4.98 Å². The fourth-order valence-electron chi connectivity index (χ4n) is 2.94. The summed E-state index contributed by atoms with van der Waals surface area (Å²) in [6.07, 6.45) is 6.66. The predicted octanol–water partition coefficient (Wildman–Crippen LogP) is 2.67. The number of anilines is 1. The van der Waals surface area contributed by atoms with E-state index in [2.05, 4.69) is 34.4 Å². The van der Waals surface area contributed by atoms with Crippen LogP contribution in [0.2, 0.25) is 5.28 Å². The smallest absolute Gasteiger partial charge is 0.243 e. The van der Waals surface area contributed by atoms with Crippen molar-refractivity contribution < 1.29 is 0 Å². The quantitative estimate of drug-likeness (QED) is 0.945. The first-order valence-corrected chi connectivity index (χ1v) is 7.45. The van der Waals surface area contributed by atoms with Crippen molar-refractivity contribution >= 4 is 22.9 Å². The van der Waals surface area contributed by atoms with Crippen LogP contribution >= 0.6 is 11.6 Å². The van der Waals surface area contributed by atoms with Gasteiger partial charge in [0.25, 0.3) is 0 Å². The van der Waals surface area contributed by atoms with Crippen molar-refractivity contribution in [3.05, 3.63) is 23.6 Å². The summed E-state index contributed by atoms with van der Waals surface area (Å²) in [5.41, 5.74) is 0.976. The predicted molar refractivity (Wildman–Crippen MR) is 81.4 cm³/mol. The molecule has 0 aromatic carbocycles. The van der Waals surface area contributed by atoms with Gasteiger partial charge < -0.3 is 10.2 Å². The first-order chi connectivity index (χ1) is 9.63. The molecule has 2 heterocycles. The van der Waals surface area contributed by atoms with E-state index >= 15 is 0 Å². The van der Waals surface area contributed by atoms with E-state index < -0.39 is 0 Å². The Balaban J connectivity index is 1.73. The van der Waals surface area contributed by atoms with Gasteiger partial charge in [0.2, 0.25) is 5.28 Å². The summed E-state index contributed by atoms with van der Waals surface area (Å²) < 4.78 is 1.77. The molecule has 1 N–H and O–H groups in total. The second-order valence-corrected chi connectivity index (χ2v) is 6.02. The van der Waals surface area contributed by atoms with E-state index in [0.29, 0.717) is 12.1 Å². The Labute approximate surface area is 123 Å². The summed E-state index contributed by atoms with van der Waals surface area (Å²) in [7, 11) is 4.32. The van der Waals surface area contributed by atoms with E-state index in [9.17, 15) is 0 Å². The van der Waals surface area contributed by atoms with Gasteiger partial charge in [0.1, 0.15) is 5.52 Å². The van der Waals surface area contributed by atoms with Crippen LogP contribution in [0.3, 0.4) is 0 Å². The van der Waals surface area contributed by atoms with Crippen LogP contribution in [0.15, 0.2) is 18.3 Å². The summed E-state index contributed by atoms with van der Waals surface area (Å²) in [5.74, 6) is 0.836. The molecule has 1 aliphatic rings. The van der Waals surface area contributed by atoms with Gasteiger partial charge in [-0.05, 0) is 63.5 Å². The minimum atomic E-state index is 0.276. The molecule has 108 valence electrons. The van der Waals surface area contributed by atoms with Crippen molar-refractivity contribution in [1.82, 2.24) is 19.5 Å². The molecule has 0 saturated heterocycles. The average Bonchev–Trinajstić information content (AvgIpc) is 2.87. The zero-order valence-corrected chi connectivity index (χ0v) is 12.6. The molecule has 20 heavy (non-hydrogen) atoms. The van der Waals surface area contributed by atoms with E-state index in [1.165, 1.54) is 12.8 Å². The first-order valence-electron chi connectivity index (χ1n) is 7.07. The molecule has 1 aliphatic carbocycles. The molecule has 0 amide bonds. The Morgan fingerprint density at radius 2 is 2.05 bits per heavy atom. The maximum Gasteiger partial charge on any atom is 0.243 e. The number of halogens is 1. The Morgan fingerprint density at radius 3 is 2.75 bits per heavy atom. The third-order valence-electron chi connectivity index (χ3n) is 4.13. The van der Waals surface area contributed by atoms with Gasteiger partial charge in [0, 0.05) is 18.3 Å². The lowest BCUT2D eigenvalue weighted by molar-refractivity contribution is 0.221. The van der Waals surface area contributed by atoms with Gasteiger partial charge >= 0.3 is 0 Å². The van der Waals surface area contributed by atoms with E-state index in [4.69, 9.17) is 11.6 Å². The molecule has 1 fully saturated rings. The van der Waals surface area contributed by atoms with Crippen molar-refractivity contribution in [1.29, 1.82) is 0 Å². The molecule has 5 nitrogen and oxygen atoms in total. The van der Waals surface area contributed by atoms with Crippen LogP contribution in [0.5, 0.6) is 0 Å². The number of nitrogens with zero attached hydrogens (tertiary/aromatic N) is 4. The molecule has 0 aliphatic heterocycles.